The van der Waals surface area contributed by atoms with Crippen LogP contribution in [0.4, 0.5) is 0 Å². The summed E-state index contributed by atoms with van der Waals surface area (Å²) < 4.78 is 12.5. The van der Waals surface area contributed by atoms with Crippen LogP contribution in [0.3, 0.4) is 0 Å². The predicted molar refractivity (Wildman–Crippen MR) is 66.6 cm³/mol. The monoisotopic (exact) mass is 254 g/mol. The Morgan fingerprint density at radius 2 is 2.29 bits per heavy atom. The molecule has 0 aromatic carbocycles. The second-order valence-corrected chi connectivity index (χ2v) is 4.40. The summed E-state index contributed by atoms with van der Waals surface area (Å²) >= 11 is 1.42. The zero-order valence-corrected chi connectivity index (χ0v) is 10.4. The molecular formula is C11H14N2O3S. The van der Waals surface area contributed by atoms with E-state index in [-0.39, 0.29) is 5.56 Å². The number of hydrogen-bond acceptors (Lipinski definition) is 5. The molecule has 0 aliphatic carbocycles. The van der Waals surface area contributed by atoms with Crippen LogP contribution in [-0.4, -0.2) is 36.5 Å². The number of fused-ring (bicyclic) bond motifs is 1. The number of thiophene rings is 1. The molecule has 2 rings (SSSR count). The molecule has 0 unspecified atom stereocenters. The SMILES string of the molecule is COCCOCCn1cnc2ccsc2c1=O. The van der Waals surface area contributed by atoms with Gasteiger partial charge in [0, 0.05) is 7.11 Å². The third kappa shape index (κ3) is 2.91. The van der Waals surface area contributed by atoms with Crippen molar-refractivity contribution in [3.05, 3.63) is 28.1 Å². The van der Waals surface area contributed by atoms with E-state index in [4.69, 9.17) is 9.47 Å². The molecule has 0 fully saturated rings. The summed E-state index contributed by atoms with van der Waals surface area (Å²) in [4.78, 5) is 16.2. The fourth-order valence-electron chi connectivity index (χ4n) is 1.45. The van der Waals surface area contributed by atoms with Gasteiger partial charge < -0.3 is 9.47 Å². The Kier molecular flexibility index (Phi) is 4.24. The maximum absolute atomic E-state index is 12.0. The molecular weight excluding hydrogens is 240 g/mol. The lowest BCUT2D eigenvalue weighted by Crippen LogP contribution is -2.22. The van der Waals surface area contributed by atoms with Crippen molar-refractivity contribution in [3.8, 4) is 0 Å². The first-order valence-corrected chi connectivity index (χ1v) is 6.20. The Morgan fingerprint density at radius 1 is 1.41 bits per heavy atom. The zero-order chi connectivity index (χ0) is 12.1. The van der Waals surface area contributed by atoms with Gasteiger partial charge in [-0.05, 0) is 11.4 Å². The summed E-state index contributed by atoms with van der Waals surface area (Å²) in [6.07, 6.45) is 1.57. The van der Waals surface area contributed by atoms with E-state index < -0.39 is 0 Å². The topological polar surface area (TPSA) is 53.4 Å². The second-order valence-electron chi connectivity index (χ2n) is 3.48. The van der Waals surface area contributed by atoms with Crippen LogP contribution >= 0.6 is 11.3 Å². The molecule has 0 N–H and O–H groups in total. The van der Waals surface area contributed by atoms with Gasteiger partial charge in [-0.25, -0.2) is 4.98 Å². The minimum absolute atomic E-state index is 0.000316. The highest BCUT2D eigenvalue weighted by atomic mass is 32.1. The molecule has 0 atom stereocenters. The third-order valence-electron chi connectivity index (χ3n) is 2.34. The van der Waals surface area contributed by atoms with Crippen LogP contribution in [0.5, 0.6) is 0 Å². The van der Waals surface area contributed by atoms with Crippen LogP contribution in [0.15, 0.2) is 22.6 Å². The summed E-state index contributed by atoms with van der Waals surface area (Å²) in [7, 11) is 1.63. The molecule has 5 nitrogen and oxygen atoms in total. The van der Waals surface area contributed by atoms with E-state index in [0.29, 0.717) is 31.1 Å². The highest BCUT2D eigenvalue weighted by Crippen LogP contribution is 2.12. The quantitative estimate of drug-likeness (QED) is 0.725. The van der Waals surface area contributed by atoms with Gasteiger partial charge in [-0.1, -0.05) is 0 Å². The van der Waals surface area contributed by atoms with E-state index in [1.165, 1.54) is 11.3 Å². The van der Waals surface area contributed by atoms with Gasteiger partial charge in [0.05, 0.1) is 38.2 Å². The predicted octanol–water partition coefficient (Wildman–Crippen LogP) is 1.12. The minimum Gasteiger partial charge on any atom is -0.382 e. The lowest BCUT2D eigenvalue weighted by atomic mass is 10.4. The molecule has 92 valence electrons. The van der Waals surface area contributed by atoms with E-state index >= 15 is 0 Å². The average molecular weight is 254 g/mol. The smallest absolute Gasteiger partial charge is 0.271 e. The van der Waals surface area contributed by atoms with Crippen molar-refractivity contribution in [3.63, 3.8) is 0 Å². The standard InChI is InChI=1S/C11H14N2O3S/c1-15-5-6-16-4-3-13-8-12-9-2-7-17-10(9)11(13)14/h2,7-8H,3-6H2,1H3. The minimum atomic E-state index is 0.000316. The molecule has 2 aromatic rings. The first kappa shape index (κ1) is 12.2. The normalized spacial score (nSPS) is 11.1. The first-order chi connectivity index (χ1) is 8.33. The van der Waals surface area contributed by atoms with Crippen LogP contribution < -0.4 is 5.56 Å². The van der Waals surface area contributed by atoms with Gasteiger partial charge in [0.2, 0.25) is 0 Å². The Hall–Kier alpha value is -1.24. The fourth-order valence-corrected chi connectivity index (χ4v) is 2.24. The molecule has 0 radical (unpaired) electrons. The van der Waals surface area contributed by atoms with Gasteiger partial charge >= 0.3 is 0 Å². The second kappa shape index (κ2) is 5.90. The molecule has 2 aromatic heterocycles. The van der Waals surface area contributed by atoms with Crippen molar-refractivity contribution < 1.29 is 9.47 Å². The molecule has 0 aliphatic rings. The Labute approximate surface area is 103 Å². The number of ether oxygens (including phenoxy) is 2. The summed E-state index contributed by atoms with van der Waals surface area (Å²) in [5, 5.41) is 1.87. The Balaban J connectivity index is 1.99. The summed E-state index contributed by atoms with van der Waals surface area (Å²) in [5.74, 6) is 0. The van der Waals surface area contributed by atoms with Crippen molar-refractivity contribution in [2.75, 3.05) is 26.9 Å². The molecule has 2 heterocycles. The fraction of sp³-hybridized carbons (Fsp3) is 0.455. The number of aromatic nitrogens is 2. The lowest BCUT2D eigenvalue weighted by molar-refractivity contribution is 0.0662. The van der Waals surface area contributed by atoms with Gasteiger partial charge in [-0.15, -0.1) is 11.3 Å². The summed E-state index contributed by atoms with van der Waals surface area (Å²) in [6.45, 7) is 2.11. The first-order valence-electron chi connectivity index (χ1n) is 5.32. The van der Waals surface area contributed by atoms with E-state index in [1.807, 2.05) is 11.4 Å². The van der Waals surface area contributed by atoms with Crippen LogP contribution in [0, 0.1) is 0 Å². The van der Waals surface area contributed by atoms with E-state index in [9.17, 15) is 4.79 Å². The van der Waals surface area contributed by atoms with Crippen molar-refractivity contribution in [2.24, 2.45) is 0 Å². The van der Waals surface area contributed by atoms with Gasteiger partial charge in [0.25, 0.3) is 5.56 Å². The molecule has 0 amide bonds. The van der Waals surface area contributed by atoms with Gasteiger partial charge in [0.15, 0.2) is 0 Å². The summed E-state index contributed by atoms with van der Waals surface area (Å²) in [5.41, 5.74) is 0.761. The third-order valence-corrected chi connectivity index (χ3v) is 3.24. The van der Waals surface area contributed by atoms with Gasteiger partial charge in [-0.3, -0.25) is 9.36 Å². The number of rotatable bonds is 6. The van der Waals surface area contributed by atoms with Crippen molar-refractivity contribution in [2.45, 2.75) is 6.54 Å². The molecule has 0 aliphatic heterocycles. The van der Waals surface area contributed by atoms with Crippen molar-refractivity contribution >= 4 is 21.6 Å². The van der Waals surface area contributed by atoms with Crippen LogP contribution in [0.1, 0.15) is 0 Å². The van der Waals surface area contributed by atoms with Gasteiger partial charge in [-0.2, -0.15) is 0 Å². The van der Waals surface area contributed by atoms with E-state index in [1.54, 1.807) is 18.0 Å². The average Bonchev–Trinajstić information content (AvgIpc) is 2.80. The molecule has 0 spiro atoms. The van der Waals surface area contributed by atoms with Crippen LogP contribution in [0.25, 0.3) is 10.2 Å². The maximum Gasteiger partial charge on any atom is 0.271 e. The molecule has 17 heavy (non-hydrogen) atoms. The van der Waals surface area contributed by atoms with Crippen LogP contribution in [0.2, 0.25) is 0 Å². The highest BCUT2D eigenvalue weighted by molar-refractivity contribution is 7.17. The maximum atomic E-state index is 12.0. The Bertz CT molecular complexity index is 535. The van der Waals surface area contributed by atoms with Crippen molar-refractivity contribution in [1.82, 2.24) is 9.55 Å². The van der Waals surface area contributed by atoms with E-state index in [0.717, 1.165) is 5.52 Å². The largest absolute Gasteiger partial charge is 0.382 e. The van der Waals surface area contributed by atoms with Gasteiger partial charge in [0.1, 0.15) is 4.70 Å². The van der Waals surface area contributed by atoms with Crippen LogP contribution in [-0.2, 0) is 16.0 Å². The highest BCUT2D eigenvalue weighted by Gasteiger charge is 2.04. The van der Waals surface area contributed by atoms with E-state index in [2.05, 4.69) is 4.98 Å². The molecule has 0 bridgehead atoms. The van der Waals surface area contributed by atoms with Crippen molar-refractivity contribution in [1.29, 1.82) is 0 Å². The number of nitrogens with zero attached hydrogens (tertiary/aromatic N) is 2. The molecule has 0 saturated heterocycles. The molecule has 6 heteroatoms. The Morgan fingerprint density at radius 3 is 3.12 bits per heavy atom. The summed E-state index contributed by atoms with van der Waals surface area (Å²) in [6, 6.07) is 1.85. The molecule has 0 saturated carbocycles. The number of hydrogen-bond donors (Lipinski definition) is 0. The number of methoxy groups -OCH3 is 1. The lowest BCUT2D eigenvalue weighted by Gasteiger charge is -2.05. The zero-order valence-electron chi connectivity index (χ0n) is 9.59.